The number of hydrogen-bond acceptors (Lipinski definition) is 8. The van der Waals surface area contributed by atoms with Crippen molar-refractivity contribution in [3.8, 4) is 11.5 Å². The first-order valence-corrected chi connectivity index (χ1v) is 10.8. The van der Waals surface area contributed by atoms with Crippen molar-refractivity contribution in [3.63, 3.8) is 0 Å². The van der Waals surface area contributed by atoms with Gasteiger partial charge in [0.1, 0.15) is 5.76 Å². The van der Waals surface area contributed by atoms with Gasteiger partial charge in [-0.25, -0.2) is 0 Å². The average Bonchev–Trinajstić information content (AvgIpc) is 3.24. The number of aromatic nitrogens is 1. The summed E-state index contributed by atoms with van der Waals surface area (Å²) in [4.78, 5) is 14.3. The van der Waals surface area contributed by atoms with Crippen LogP contribution in [0.4, 0.5) is 5.69 Å². The second kappa shape index (κ2) is 9.52. The number of sulfonamides is 1. The lowest BCUT2D eigenvalue weighted by Crippen LogP contribution is -2.20. The molecule has 0 fully saturated rings. The van der Waals surface area contributed by atoms with E-state index in [1.54, 1.807) is 38.1 Å². The molecule has 32 heavy (non-hydrogen) atoms. The third-order valence-corrected chi connectivity index (χ3v) is 5.63. The van der Waals surface area contributed by atoms with E-state index in [-0.39, 0.29) is 16.3 Å². The van der Waals surface area contributed by atoms with Crippen LogP contribution in [0.3, 0.4) is 0 Å². The summed E-state index contributed by atoms with van der Waals surface area (Å²) in [5.74, 6) is 0.835. The van der Waals surface area contributed by atoms with Gasteiger partial charge in [0.2, 0.25) is 0 Å². The van der Waals surface area contributed by atoms with Crippen LogP contribution in [0.2, 0.25) is 0 Å². The number of methoxy groups -OCH3 is 2. The van der Waals surface area contributed by atoms with E-state index in [4.69, 9.17) is 14.0 Å². The van der Waals surface area contributed by atoms with Crippen LogP contribution >= 0.6 is 0 Å². The second-order valence-corrected chi connectivity index (χ2v) is 8.32. The lowest BCUT2D eigenvalue weighted by molar-refractivity contribution is 0.101. The van der Waals surface area contributed by atoms with Crippen LogP contribution in [0.5, 0.6) is 11.5 Å². The van der Waals surface area contributed by atoms with Crippen molar-refractivity contribution in [2.75, 3.05) is 19.5 Å². The highest BCUT2D eigenvalue weighted by Crippen LogP contribution is 2.29. The number of ether oxygens (including phenoxy) is 2. The Bertz CT molecular complexity index is 1250. The number of hydrogen-bond donors (Lipinski definition) is 2. The predicted molar refractivity (Wildman–Crippen MR) is 118 cm³/mol. The number of nitrogens with zero attached hydrogens (tertiary/aromatic N) is 2. The zero-order valence-corrected chi connectivity index (χ0v) is 18.7. The zero-order valence-electron chi connectivity index (χ0n) is 17.9. The Labute approximate surface area is 185 Å². The number of aryl methyl sites for hydroxylation is 1. The van der Waals surface area contributed by atoms with Gasteiger partial charge in [0, 0.05) is 17.8 Å². The van der Waals surface area contributed by atoms with Gasteiger partial charge in [-0.05, 0) is 43.7 Å². The molecule has 1 amide bonds. The average molecular weight is 458 g/mol. The highest BCUT2D eigenvalue weighted by Gasteiger charge is 2.17. The molecule has 10 nitrogen and oxygen atoms in total. The largest absolute Gasteiger partial charge is 0.493 e. The summed E-state index contributed by atoms with van der Waals surface area (Å²) in [6.45, 7) is 3.35. The molecule has 11 heteroatoms. The maximum Gasteiger partial charge on any atom is 0.277 e. The summed E-state index contributed by atoms with van der Waals surface area (Å²) in [6.07, 6.45) is 0. The molecule has 0 unspecified atom stereocenters. The van der Waals surface area contributed by atoms with E-state index in [1.165, 1.54) is 38.5 Å². The maximum atomic E-state index is 12.6. The molecule has 2 N–H and O–H groups in total. The van der Waals surface area contributed by atoms with Gasteiger partial charge >= 0.3 is 0 Å². The molecule has 0 spiro atoms. The Hall–Kier alpha value is -3.86. The van der Waals surface area contributed by atoms with Crippen LogP contribution in [-0.2, 0) is 10.0 Å². The summed E-state index contributed by atoms with van der Waals surface area (Å²) in [7, 11) is -1.04. The van der Waals surface area contributed by atoms with Crippen molar-refractivity contribution >= 4 is 27.3 Å². The van der Waals surface area contributed by atoms with Gasteiger partial charge < -0.3 is 19.3 Å². The number of carbonyl (C=O) groups is 1. The minimum Gasteiger partial charge on any atom is -0.493 e. The van der Waals surface area contributed by atoms with Crippen LogP contribution in [0, 0.1) is 6.92 Å². The first kappa shape index (κ1) is 22.8. The molecule has 0 saturated carbocycles. The van der Waals surface area contributed by atoms with Gasteiger partial charge in [0.25, 0.3) is 15.9 Å². The molecular weight excluding hydrogens is 436 g/mol. The fourth-order valence-corrected chi connectivity index (χ4v) is 3.56. The molecule has 0 aliphatic rings. The quantitative estimate of drug-likeness (QED) is 0.392. The Balaban J connectivity index is 1.69. The van der Waals surface area contributed by atoms with E-state index < -0.39 is 15.9 Å². The lowest BCUT2D eigenvalue weighted by Gasteiger charge is -2.10. The molecule has 0 saturated heterocycles. The SMILES string of the molecule is COc1ccc(S(=O)(=O)NN=C(C)c2ccc(NC(=O)c3cc(C)on3)cc2)cc1OC. The molecule has 0 aliphatic heterocycles. The monoisotopic (exact) mass is 458 g/mol. The van der Waals surface area contributed by atoms with E-state index in [0.29, 0.717) is 28.5 Å². The van der Waals surface area contributed by atoms with Gasteiger partial charge in [-0.1, -0.05) is 17.3 Å². The van der Waals surface area contributed by atoms with E-state index in [2.05, 4.69) is 20.4 Å². The molecule has 1 aromatic heterocycles. The molecule has 0 aliphatic carbocycles. The molecule has 0 bridgehead atoms. The smallest absolute Gasteiger partial charge is 0.277 e. The molecule has 3 rings (SSSR count). The van der Waals surface area contributed by atoms with Crippen molar-refractivity contribution in [1.82, 2.24) is 9.99 Å². The zero-order chi connectivity index (χ0) is 23.3. The molecule has 3 aromatic rings. The topological polar surface area (TPSA) is 132 Å². The number of nitrogens with one attached hydrogen (secondary N) is 2. The molecule has 0 atom stereocenters. The van der Waals surface area contributed by atoms with Gasteiger partial charge in [-0.15, -0.1) is 0 Å². The van der Waals surface area contributed by atoms with Crippen molar-refractivity contribution < 1.29 is 27.2 Å². The van der Waals surface area contributed by atoms with E-state index >= 15 is 0 Å². The first-order chi connectivity index (χ1) is 15.2. The Morgan fingerprint density at radius 1 is 1.03 bits per heavy atom. The van der Waals surface area contributed by atoms with E-state index in [1.807, 2.05) is 0 Å². The fourth-order valence-electron chi connectivity index (χ4n) is 2.69. The molecule has 0 radical (unpaired) electrons. The Morgan fingerprint density at radius 3 is 2.31 bits per heavy atom. The van der Waals surface area contributed by atoms with Crippen molar-refractivity contribution in [2.24, 2.45) is 5.10 Å². The minimum atomic E-state index is -3.92. The van der Waals surface area contributed by atoms with Gasteiger partial charge in [-0.3, -0.25) is 4.79 Å². The Morgan fingerprint density at radius 2 is 1.72 bits per heavy atom. The summed E-state index contributed by atoms with van der Waals surface area (Å²) in [5.41, 5.74) is 1.81. The van der Waals surface area contributed by atoms with Crippen LogP contribution in [0.25, 0.3) is 0 Å². The van der Waals surface area contributed by atoms with Gasteiger partial charge in [0.15, 0.2) is 17.2 Å². The number of hydrazone groups is 1. The molecule has 168 valence electrons. The van der Waals surface area contributed by atoms with Gasteiger partial charge in [-0.2, -0.15) is 18.4 Å². The highest BCUT2D eigenvalue weighted by molar-refractivity contribution is 7.89. The fraction of sp³-hybridized carbons (Fsp3) is 0.190. The lowest BCUT2D eigenvalue weighted by atomic mass is 10.1. The van der Waals surface area contributed by atoms with E-state index in [9.17, 15) is 13.2 Å². The Kier molecular flexibility index (Phi) is 6.79. The van der Waals surface area contributed by atoms with Crippen LogP contribution < -0.4 is 19.6 Å². The number of carbonyl (C=O) groups excluding carboxylic acids is 1. The first-order valence-electron chi connectivity index (χ1n) is 9.36. The maximum absolute atomic E-state index is 12.6. The number of anilines is 1. The highest BCUT2D eigenvalue weighted by atomic mass is 32.2. The summed E-state index contributed by atoms with van der Waals surface area (Å²) >= 11 is 0. The normalized spacial score (nSPS) is 11.7. The number of benzene rings is 2. The number of amides is 1. The van der Waals surface area contributed by atoms with Crippen LogP contribution in [-0.4, -0.2) is 39.4 Å². The minimum absolute atomic E-state index is 0.0205. The summed E-state index contributed by atoms with van der Waals surface area (Å²) in [5, 5.41) is 10.3. The van der Waals surface area contributed by atoms with E-state index in [0.717, 1.165) is 0 Å². The van der Waals surface area contributed by atoms with Gasteiger partial charge in [0.05, 0.1) is 24.8 Å². The molecule has 1 heterocycles. The third-order valence-electron chi connectivity index (χ3n) is 4.42. The predicted octanol–water partition coefficient (Wildman–Crippen LogP) is 2.96. The number of rotatable bonds is 8. The standard InChI is InChI=1S/C21H22N4O6S/c1-13-11-18(24-31-13)21(26)22-16-7-5-15(6-8-16)14(2)23-25-32(27,28)17-9-10-19(29-3)20(12-17)30-4/h5-12,25H,1-4H3,(H,22,26). The van der Waals surface area contributed by atoms with Crippen LogP contribution in [0.1, 0.15) is 28.7 Å². The summed E-state index contributed by atoms with van der Waals surface area (Å²) in [6, 6.07) is 12.5. The van der Waals surface area contributed by atoms with Crippen molar-refractivity contribution in [1.29, 1.82) is 0 Å². The third kappa shape index (κ3) is 5.24. The summed E-state index contributed by atoms with van der Waals surface area (Å²) < 4.78 is 40.3. The second-order valence-electron chi connectivity index (χ2n) is 6.66. The molecular formula is C21H22N4O6S. The van der Waals surface area contributed by atoms with Crippen LogP contribution in [0.15, 0.2) is 63.1 Å². The van der Waals surface area contributed by atoms with Crippen molar-refractivity contribution in [2.45, 2.75) is 18.7 Å². The van der Waals surface area contributed by atoms with Crippen molar-refractivity contribution in [3.05, 3.63) is 65.5 Å². The molecule has 2 aromatic carbocycles.